The molecule has 8 heteroatoms. The lowest BCUT2D eigenvalue weighted by Gasteiger charge is -2.11. The van der Waals surface area contributed by atoms with E-state index in [-0.39, 0.29) is 17.7 Å². The number of benzene rings is 2. The van der Waals surface area contributed by atoms with E-state index in [9.17, 15) is 9.18 Å². The van der Waals surface area contributed by atoms with Crippen LogP contribution in [0.4, 0.5) is 27.5 Å². The van der Waals surface area contributed by atoms with Gasteiger partial charge in [-0.05, 0) is 41.5 Å². The topological polar surface area (TPSA) is 88.2 Å². The predicted octanol–water partition coefficient (Wildman–Crippen LogP) is 4.03. The number of amides is 1. The quantitative estimate of drug-likeness (QED) is 0.515. The summed E-state index contributed by atoms with van der Waals surface area (Å²) < 4.78 is 19.7. The van der Waals surface area contributed by atoms with E-state index in [1.54, 1.807) is 24.3 Å². The predicted molar refractivity (Wildman–Crippen MR) is 114 cm³/mol. The molecule has 0 saturated carbocycles. The van der Waals surface area contributed by atoms with Gasteiger partial charge in [-0.2, -0.15) is 4.98 Å². The molecule has 1 aromatic heterocycles. The van der Waals surface area contributed by atoms with E-state index in [1.807, 2.05) is 12.1 Å². The molecule has 4 rings (SSSR count). The number of nitrogens with one attached hydrogen (secondary N) is 3. The van der Waals surface area contributed by atoms with E-state index in [4.69, 9.17) is 4.74 Å². The Morgan fingerprint density at radius 2 is 2.10 bits per heavy atom. The van der Waals surface area contributed by atoms with Gasteiger partial charge in [-0.1, -0.05) is 24.8 Å². The molecule has 0 unspecified atom stereocenters. The summed E-state index contributed by atoms with van der Waals surface area (Å²) in [7, 11) is 0. The Bertz CT molecular complexity index is 1100. The van der Waals surface area contributed by atoms with Crippen molar-refractivity contribution in [2.75, 3.05) is 22.6 Å². The fraction of sp³-hybridized carbons (Fsp3) is 0.136. The summed E-state index contributed by atoms with van der Waals surface area (Å²) in [4.78, 5) is 19.7. The second-order valence-corrected chi connectivity index (χ2v) is 6.68. The monoisotopic (exact) mass is 405 g/mol. The normalized spacial score (nSPS) is 11.9. The van der Waals surface area contributed by atoms with Crippen molar-refractivity contribution in [3.05, 3.63) is 78.3 Å². The highest BCUT2D eigenvalue weighted by atomic mass is 19.1. The van der Waals surface area contributed by atoms with Gasteiger partial charge in [-0.3, -0.25) is 4.79 Å². The molecular formula is C22H20FN5O2. The van der Waals surface area contributed by atoms with Gasteiger partial charge in [-0.25, -0.2) is 9.37 Å². The highest BCUT2D eigenvalue weighted by Gasteiger charge is 2.13. The molecule has 0 spiro atoms. The molecule has 3 aromatic rings. The van der Waals surface area contributed by atoms with Gasteiger partial charge in [0.15, 0.2) is 11.6 Å². The van der Waals surface area contributed by atoms with Gasteiger partial charge in [0.05, 0.1) is 12.8 Å². The standard InChI is InChI=1S/C22H20FN5O2/c1-2-20(29)26-16-4-3-5-17(11-16)27-22-25-13-18(23)21(28-22)24-12-14-6-7-19-15(10-14)8-9-30-19/h2-7,10-11,13H,1,8-9,12H2,(H,26,29)(H2,24,25,27,28). The lowest BCUT2D eigenvalue weighted by Crippen LogP contribution is -2.08. The molecule has 30 heavy (non-hydrogen) atoms. The molecule has 0 radical (unpaired) electrons. The largest absolute Gasteiger partial charge is 0.493 e. The van der Waals surface area contributed by atoms with Crippen molar-refractivity contribution in [3.63, 3.8) is 0 Å². The molecule has 1 amide bonds. The minimum absolute atomic E-state index is 0.0976. The van der Waals surface area contributed by atoms with Gasteiger partial charge in [0.1, 0.15) is 5.75 Å². The Kier molecular flexibility index (Phi) is 5.56. The van der Waals surface area contributed by atoms with E-state index in [0.717, 1.165) is 29.5 Å². The van der Waals surface area contributed by atoms with Gasteiger partial charge in [0, 0.05) is 24.3 Å². The summed E-state index contributed by atoms with van der Waals surface area (Å²) >= 11 is 0. The molecule has 1 aliphatic heterocycles. The summed E-state index contributed by atoms with van der Waals surface area (Å²) in [5.74, 6) is 0.380. The SMILES string of the molecule is C=CC(=O)Nc1cccc(Nc2ncc(F)c(NCc3ccc4c(c3)CCO4)n2)c1. The number of nitrogens with zero attached hydrogens (tertiary/aromatic N) is 2. The smallest absolute Gasteiger partial charge is 0.247 e. The summed E-state index contributed by atoms with van der Waals surface area (Å²) in [6.07, 6.45) is 3.18. The molecule has 7 nitrogen and oxygen atoms in total. The molecule has 3 N–H and O–H groups in total. The molecule has 152 valence electrons. The average molecular weight is 405 g/mol. The molecule has 0 atom stereocenters. The van der Waals surface area contributed by atoms with Crippen LogP contribution in [-0.4, -0.2) is 22.5 Å². The van der Waals surface area contributed by atoms with Crippen molar-refractivity contribution in [3.8, 4) is 5.75 Å². The van der Waals surface area contributed by atoms with Gasteiger partial charge in [0.25, 0.3) is 0 Å². The van der Waals surface area contributed by atoms with E-state index >= 15 is 0 Å². The lowest BCUT2D eigenvalue weighted by atomic mass is 10.1. The van der Waals surface area contributed by atoms with Crippen molar-refractivity contribution < 1.29 is 13.9 Å². The number of carbonyl (C=O) groups excluding carboxylic acids is 1. The van der Waals surface area contributed by atoms with Crippen LogP contribution in [0.3, 0.4) is 0 Å². The Labute approximate surface area is 173 Å². The summed E-state index contributed by atoms with van der Waals surface area (Å²) in [6, 6.07) is 12.9. The van der Waals surface area contributed by atoms with Gasteiger partial charge >= 0.3 is 0 Å². The van der Waals surface area contributed by atoms with E-state index in [2.05, 4.69) is 38.6 Å². The average Bonchev–Trinajstić information content (AvgIpc) is 3.22. The van der Waals surface area contributed by atoms with Crippen molar-refractivity contribution in [1.82, 2.24) is 9.97 Å². The van der Waals surface area contributed by atoms with Crippen LogP contribution in [0.25, 0.3) is 0 Å². The third-order valence-corrected chi connectivity index (χ3v) is 4.53. The lowest BCUT2D eigenvalue weighted by molar-refractivity contribution is -0.111. The Morgan fingerprint density at radius 1 is 1.23 bits per heavy atom. The molecule has 0 saturated heterocycles. The number of hydrogen-bond donors (Lipinski definition) is 3. The van der Waals surface area contributed by atoms with Crippen LogP contribution in [0.15, 0.2) is 61.3 Å². The van der Waals surface area contributed by atoms with Crippen LogP contribution in [0.5, 0.6) is 5.75 Å². The maximum atomic E-state index is 14.2. The van der Waals surface area contributed by atoms with E-state index < -0.39 is 5.82 Å². The molecular weight excluding hydrogens is 385 g/mol. The summed E-state index contributed by atoms with van der Waals surface area (Å²) in [6.45, 7) is 4.54. The molecule has 2 aromatic carbocycles. The Hall–Kier alpha value is -3.94. The second kappa shape index (κ2) is 8.60. The van der Waals surface area contributed by atoms with Crippen LogP contribution >= 0.6 is 0 Å². The molecule has 0 fully saturated rings. The number of halogens is 1. The highest BCUT2D eigenvalue weighted by molar-refractivity contribution is 5.99. The maximum Gasteiger partial charge on any atom is 0.247 e. The zero-order valence-electron chi connectivity index (χ0n) is 16.1. The molecule has 1 aliphatic rings. The fourth-order valence-corrected chi connectivity index (χ4v) is 3.08. The molecule has 0 bridgehead atoms. The van der Waals surface area contributed by atoms with Crippen LogP contribution in [0.1, 0.15) is 11.1 Å². The van der Waals surface area contributed by atoms with E-state index in [0.29, 0.717) is 24.5 Å². The van der Waals surface area contributed by atoms with Gasteiger partial charge < -0.3 is 20.7 Å². The number of hydrogen-bond acceptors (Lipinski definition) is 6. The number of ether oxygens (including phenoxy) is 1. The van der Waals surface area contributed by atoms with Crippen LogP contribution in [-0.2, 0) is 17.8 Å². The summed E-state index contributed by atoms with van der Waals surface area (Å²) in [5, 5.41) is 8.70. The molecule has 0 aliphatic carbocycles. The van der Waals surface area contributed by atoms with Gasteiger partial charge in [0.2, 0.25) is 11.9 Å². The number of carbonyl (C=O) groups is 1. The first-order valence-electron chi connectivity index (χ1n) is 9.42. The third kappa shape index (κ3) is 4.54. The Balaban J connectivity index is 1.45. The first-order valence-corrected chi connectivity index (χ1v) is 9.42. The number of rotatable bonds is 7. The first kappa shape index (κ1) is 19.4. The minimum Gasteiger partial charge on any atom is -0.493 e. The summed E-state index contributed by atoms with van der Waals surface area (Å²) in [5.41, 5.74) is 3.40. The van der Waals surface area contributed by atoms with Gasteiger partial charge in [-0.15, -0.1) is 0 Å². The van der Waals surface area contributed by atoms with Crippen molar-refractivity contribution >= 4 is 29.0 Å². The highest BCUT2D eigenvalue weighted by Crippen LogP contribution is 2.26. The zero-order valence-corrected chi connectivity index (χ0v) is 16.1. The van der Waals surface area contributed by atoms with Crippen molar-refractivity contribution in [1.29, 1.82) is 0 Å². The van der Waals surface area contributed by atoms with Crippen LogP contribution in [0.2, 0.25) is 0 Å². The maximum absolute atomic E-state index is 14.2. The zero-order chi connectivity index (χ0) is 20.9. The number of fused-ring (bicyclic) bond motifs is 1. The Morgan fingerprint density at radius 3 is 2.97 bits per heavy atom. The van der Waals surface area contributed by atoms with Crippen LogP contribution < -0.4 is 20.7 Å². The first-order chi connectivity index (χ1) is 14.6. The molecule has 2 heterocycles. The number of anilines is 4. The van der Waals surface area contributed by atoms with Crippen molar-refractivity contribution in [2.45, 2.75) is 13.0 Å². The number of aromatic nitrogens is 2. The second-order valence-electron chi connectivity index (χ2n) is 6.68. The van der Waals surface area contributed by atoms with E-state index in [1.165, 1.54) is 6.08 Å². The van der Waals surface area contributed by atoms with Crippen molar-refractivity contribution in [2.24, 2.45) is 0 Å². The third-order valence-electron chi connectivity index (χ3n) is 4.53. The fourth-order valence-electron chi connectivity index (χ4n) is 3.08. The van der Waals surface area contributed by atoms with Crippen LogP contribution in [0, 0.1) is 5.82 Å². The minimum atomic E-state index is -0.544.